The Morgan fingerprint density at radius 1 is 1.07 bits per heavy atom. The summed E-state index contributed by atoms with van der Waals surface area (Å²) in [5.41, 5.74) is 1.40. The van der Waals surface area contributed by atoms with E-state index in [1.54, 1.807) is 0 Å². The standard InChI is InChI=1S/C15H30/c1-6-8-9-10-15(13(3)4)12-11-14(5)7-2/h14-15H,3,6-12H2,1-2,4-5H3. The van der Waals surface area contributed by atoms with Crippen molar-refractivity contribution in [3.63, 3.8) is 0 Å². The molecule has 0 saturated heterocycles. The van der Waals surface area contributed by atoms with Crippen LogP contribution in [0.2, 0.25) is 0 Å². The number of allylic oxidation sites excluding steroid dienone is 1. The molecule has 0 rings (SSSR count). The van der Waals surface area contributed by atoms with Crippen molar-refractivity contribution in [2.45, 2.75) is 72.6 Å². The maximum atomic E-state index is 4.14. The van der Waals surface area contributed by atoms with Crippen LogP contribution in [0.25, 0.3) is 0 Å². The summed E-state index contributed by atoms with van der Waals surface area (Å²) >= 11 is 0. The van der Waals surface area contributed by atoms with Crippen LogP contribution in [-0.4, -0.2) is 0 Å². The minimum absolute atomic E-state index is 0.783. The molecule has 0 fully saturated rings. The Bertz CT molecular complexity index is 157. The second-order valence-electron chi connectivity index (χ2n) is 5.13. The first-order chi connectivity index (χ1) is 7.11. The third kappa shape index (κ3) is 7.64. The van der Waals surface area contributed by atoms with Gasteiger partial charge in [0.15, 0.2) is 0 Å². The molecule has 0 aliphatic heterocycles. The third-order valence-electron chi connectivity index (χ3n) is 3.56. The van der Waals surface area contributed by atoms with Crippen molar-refractivity contribution >= 4 is 0 Å². The molecular weight excluding hydrogens is 180 g/mol. The van der Waals surface area contributed by atoms with E-state index in [-0.39, 0.29) is 0 Å². The Hall–Kier alpha value is -0.260. The van der Waals surface area contributed by atoms with E-state index < -0.39 is 0 Å². The summed E-state index contributed by atoms with van der Waals surface area (Å²) < 4.78 is 0. The van der Waals surface area contributed by atoms with E-state index in [1.807, 2.05) is 0 Å². The topological polar surface area (TPSA) is 0 Å². The van der Waals surface area contributed by atoms with E-state index in [0.717, 1.165) is 11.8 Å². The van der Waals surface area contributed by atoms with Gasteiger partial charge in [0.2, 0.25) is 0 Å². The monoisotopic (exact) mass is 210 g/mol. The summed E-state index contributed by atoms with van der Waals surface area (Å²) in [5, 5.41) is 0. The smallest absolute Gasteiger partial charge is 0.0209 e. The van der Waals surface area contributed by atoms with Gasteiger partial charge in [-0.15, -0.1) is 0 Å². The summed E-state index contributed by atoms with van der Waals surface area (Å²) in [7, 11) is 0. The van der Waals surface area contributed by atoms with Crippen LogP contribution in [-0.2, 0) is 0 Å². The van der Waals surface area contributed by atoms with Crippen LogP contribution >= 0.6 is 0 Å². The highest BCUT2D eigenvalue weighted by atomic mass is 14.2. The first-order valence-corrected chi connectivity index (χ1v) is 6.77. The van der Waals surface area contributed by atoms with E-state index in [9.17, 15) is 0 Å². The van der Waals surface area contributed by atoms with Crippen molar-refractivity contribution in [3.8, 4) is 0 Å². The van der Waals surface area contributed by atoms with Crippen molar-refractivity contribution < 1.29 is 0 Å². The number of hydrogen-bond donors (Lipinski definition) is 0. The minimum atomic E-state index is 0.783. The minimum Gasteiger partial charge on any atom is -0.0999 e. The molecule has 0 amide bonds. The van der Waals surface area contributed by atoms with E-state index in [0.29, 0.717) is 0 Å². The Balaban J connectivity index is 3.78. The molecule has 0 bridgehead atoms. The molecule has 0 radical (unpaired) electrons. The van der Waals surface area contributed by atoms with Gasteiger partial charge in [0.25, 0.3) is 0 Å². The average Bonchev–Trinajstić information content (AvgIpc) is 2.22. The zero-order valence-corrected chi connectivity index (χ0v) is 11.3. The molecule has 2 atom stereocenters. The molecule has 0 aromatic rings. The van der Waals surface area contributed by atoms with Crippen molar-refractivity contribution in [3.05, 3.63) is 12.2 Å². The predicted molar refractivity (Wildman–Crippen MR) is 71.1 cm³/mol. The molecule has 15 heavy (non-hydrogen) atoms. The summed E-state index contributed by atoms with van der Waals surface area (Å²) in [6.07, 6.45) is 9.50. The SMILES string of the molecule is C=C(C)C(CCCCC)CCC(C)CC. The van der Waals surface area contributed by atoms with Gasteiger partial charge in [0.1, 0.15) is 0 Å². The van der Waals surface area contributed by atoms with Crippen LogP contribution in [0, 0.1) is 11.8 Å². The molecule has 0 saturated carbocycles. The maximum Gasteiger partial charge on any atom is -0.0209 e. The number of hydrogen-bond acceptors (Lipinski definition) is 0. The van der Waals surface area contributed by atoms with Gasteiger partial charge in [-0.25, -0.2) is 0 Å². The highest BCUT2D eigenvalue weighted by Gasteiger charge is 2.10. The number of rotatable bonds is 9. The van der Waals surface area contributed by atoms with E-state index in [2.05, 4.69) is 34.3 Å². The van der Waals surface area contributed by atoms with Crippen LogP contribution in [0.3, 0.4) is 0 Å². The highest BCUT2D eigenvalue weighted by molar-refractivity contribution is 4.95. The molecule has 0 heterocycles. The lowest BCUT2D eigenvalue weighted by Crippen LogP contribution is -2.04. The summed E-state index contributed by atoms with van der Waals surface area (Å²) in [6.45, 7) is 13.3. The van der Waals surface area contributed by atoms with Crippen molar-refractivity contribution in [2.75, 3.05) is 0 Å². The summed E-state index contributed by atoms with van der Waals surface area (Å²) in [5.74, 6) is 1.67. The van der Waals surface area contributed by atoms with Crippen molar-refractivity contribution in [2.24, 2.45) is 11.8 Å². The lowest BCUT2D eigenvalue weighted by Gasteiger charge is -2.18. The quantitative estimate of drug-likeness (QED) is 0.344. The largest absolute Gasteiger partial charge is 0.0999 e. The van der Waals surface area contributed by atoms with Gasteiger partial charge < -0.3 is 0 Å². The predicted octanol–water partition coefficient (Wildman–Crippen LogP) is 5.59. The lowest BCUT2D eigenvalue weighted by molar-refractivity contribution is 0.410. The molecule has 0 nitrogen and oxygen atoms in total. The first kappa shape index (κ1) is 14.7. The van der Waals surface area contributed by atoms with Gasteiger partial charge in [-0.05, 0) is 31.6 Å². The fourth-order valence-corrected chi connectivity index (χ4v) is 1.97. The Morgan fingerprint density at radius 2 is 1.73 bits per heavy atom. The second kappa shape index (κ2) is 9.00. The third-order valence-corrected chi connectivity index (χ3v) is 3.56. The molecule has 0 aliphatic rings. The second-order valence-corrected chi connectivity index (χ2v) is 5.13. The van der Waals surface area contributed by atoms with Gasteiger partial charge in [0, 0.05) is 0 Å². The maximum absolute atomic E-state index is 4.14. The van der Waals surface area contributed by atoms with Gasteiger partial charge in [0.05, 0.1) is 0 Å². The molecule has 0 aliphatic carbocycles. The average molecular weight is 210 g/mol. The van der Waals surface area contributed by atoms with Crippen molar-refractivity contribution in [1.82, 2.24) is 0 Å². The van der Waals surface area contributed by atoms with E-state index >= 15 is 0 Å². The van der Waals surface area contributed by atoms with Gasteiger partial charge in [-0.2, -0.15) is 0 Å². The molecule has 0 aromatic carbocycles. The van der Waals surface area contributed by atoms with E-state index in [4.69, 9.17) is 0 Å². The molecule has 0 N–H and O–H groups in total. The highest BCUT2D eigenvalue weighted by Crippen LogP contribution is 2.25. The fraction of sp³-hybridized carbons (Fsp3) is 0.867. The van der Waals surface area contributed by atoms with Gasteiger partial charge in [-0.3, -0.25) is 0 Å². The van der Waals surface area contributed by atoms with Crippen LogP contribution < -0.4 is 0 Å². The lowest BCUT2D eigenvalue weighted by atomic mass is 9.87. The molecule has 90 valence electrons. The van der Waals surface area contributed by atoms with Gasteiger partial charge in [-0.1, -0.05) is 65.0 Å². The Morgan fingerprint density at radius 3 is 2.20 bits per heavy atom. The normalized spacial score (nSPS) is 14.9. The Labute approximate surface area is 97.2 Å². The fourth-order valence-electron chi connectivity index (χ4n) is 1.97. The number of unbranched alkanes of at least 4 members (excludes halogenated alkanes) is 2. The summed E-state index contributed by atoms with van der Waals surface area (Å²) in [6, 6.07) is 0. The summed E-state index contributed by atoms with van der Waals surface area (Å²) in [4.78, 5) is 0. The van der Waals surface area contributed by atoms with Gasteiger partial charge >= 0.3 is 0 Å². The van der Waals surface area contributed by atoms with Crippen LogP contribution in [0.1, 0.15) is 72.6 Å². The first-order valence-electron chi connectivity index (χ1n) is 6.77. The molecule has 0 heteroatoms. The zero-order valence-electron chi connectivity index (χ0n) is 11.3. The molecule has 0 aromatic heterocycles. The van der Waals surface area contributed by atoms with E-state index in [1.165, 1.54) is 50.5 Å². The van der Waals surface area contributed by atoms with Crippen LogP contribution in [0.15, 0.2) is 12.2 Å². The van der Waals surface area contributed by atoms with Crippen molar-refractivity contribution in [1.29, 1.82) is 0 Å². The molecule has 0 spiro atoms. The van der Waals surface area contributed by atoms with Crippen LogP contribution in [0.5, 0.6) is 0 Å². The molecule has 2 unspecified atom stereocenters. The Kier molecular flexibility index (Phi) is 8.85. The zero-order chi connectivity index (χ0) is 11.7. The van der Waals surface area contributed by atoms with Crippen LogP contribution in [0.4, 0.5) is 0 Å². The molecular formula is C15H30.